The lowest BCUT2D eigenvalue weighted by Crippen LogP contribution is -2.10. The molecule has 0 aliphatic heterocycles. The lowest BCUT2D eigenvalue weighted by atomic mass is 10.3. The molecule has 0 spiro atoms. The highest BCUT2D eigenvalue weighted by Crippen LogP contribution is 2.34. The third-order valence-electron chi connectivity index (χ3n) is 2.67. The van der Waals surface area contributed by atoms with E-state index >= 15 is 0 Å². The largest absolute Gasteiger partial charge is 0.490 e. The Morgan fingerprint density at radius 2 is 2.16 bits per heavy atom. The van der Waals surface area contributed by atoms with Crippen LogP contribution in [-0.2, 0) is 0 Å². The molecule has 2 N–H and O–H groups in total. The van der Waals surface area contributed by atoms with Gasteiger partial charge in [0.15, 0.2) is 0 Å². The summed E-state index contributed by atoms with van der Waals surface area (Å²) in [5, 5.41) is 0.951. The molecule has 0 saturated carbocycles. The van der Waals surface area contributed by atoms with Crippen LogP contribution in [0.3, 0.4) is 0 Å². The van der Waals surface area contributed by atoms with E-state index in [4.69, 9.17) is 10.5 Å². The lowest BCUT2D eigenvalue weighted by molar-refractivity contribution is 0.331. The van der Waals surface area contributed by atoms with Gasteiger partial charge in [0.25, 0.3) is 0 Å². The van der Waals surface area contributed by atoms with Crippen LogP contribution < -0.4 is 10.5 Å². The van der Waals surface area contributed by atoms with E-state index in [2.05, 4.69) is 9.97 Å². The summed E-state index contributed by atoms with van der Waals surface area (Å²) in [6.45, 7) is 0.995. The molecule has 0 radical (unpaired) electrons. The number of rotatable bonds is 4. The van der Waals surface area contributed by atoms with Crippen molar-refractivity contribution < 1.29 is 4.74 Å². The molecule has 0 unspecified atom stereocenters. The molecule has 19 heavy (non-hydrogen) atoms. The quantitative estimate of drug-likeness (QED) is 0.792. The highest BCUT2D eigenvalue weighted by Gasteiger charge is 2.10. The Morgan fingerprint density at radius 3 is 2.95 bits per heavy atom. The first-order chi connectivity index (χ1) is 9.38. The van der Waals surface area contributed by atoms with Gasteiger partial charge >= 0.3 is 0 Å². The van der Waals surface area contributed by atoms with Crippen molar-refractivity contribution in [2.75, 3.05) is 13.2 Å². The molecule has 0 saturated heterocycles. The molecule has 96 valence electrons. The topological polar surface area (TPSA) is 61.0 Å². The van der Waals surface area contributed by atoms with E-state index in [9.17, 15) is 0 Å². The van der Waals surface area contributed by atoms with Crippen LogP contribution in [0.4, 0.5) is 0 Å². The van der Waals surface area contributed by atoms with E-state index in [0.717, 1.165) is 26.5 Å². The van der Waals surface area contributed by atoms with E-state index in [-0.39, 0.29) is 0 Å². The molecule has 1 aromatic carbocycles. The number of aromatic nitrogens is 2. The van der Waals surface area contributed by atoms with Crippen LogP contribution in [0.25, 0.3) is 20.8 Å². The Bertz CT molecular complexity index is 681. The van der Waals surface area contributed by atoms with E-state index in [1.165, 1.54) is 0 Å². The number of thiazole rings is 1. The van der Waals surface area contributed by atoms with E-state index in [1.807, 2.05) is 36.5 Å². The zero-order valence-corrected chi connectivity index (χ0v) is 11.1. The number of hydrogen-bond donors (Lipinski definition) is 1. The summed E-state index contributed by atoms with van der Waals surface area (Å²) in [5.41, 5.74) is 7.38. The SMILES string of the molecule is NCCOc1cccc2sc(-c3cccnc3)nc12. The van der Waals surface area contributed by atoms with Crippen LogP contribution in [0.5, 0.6) is 5.75 Å². The van der Waals surface area contributed by atoms with E-state index < -0.39 is 0 Å². The number of nitrogens with two attached hydrogens (primary N) is 1. The van der Waals surface area contributed by atoms with Crippen molar-refractivity contribution in [2.24, 2.45) is 5.73 Å². The van der Waals surface area contributed by atoms with Gasteiger partial charge < -0.3 is 10.5 Å². The van der Waals surface area contributed by atoms with Gasteiger partial charge in [-0.1, -0.05) is 6.07 Å². The molecule has 0 fully saturated rings. The lowest BCUT2D eigenvalue weighted by Gasteiger charge is -2.03. The summed E-state index contributed by atoms with van der Waals surface area (Å²) >= 11 is 1.64. The van der Waals surface area contributed by atoms with Gasteiger partial charge in [0.1, 0.15) is 22.9 Å². The number of hydrogen-bond acceptors (Lipinski definition) is 5. The van der Waals surface area contributed by atoms with Gasteiger partial charge in [-0.15, -0.1) is 11.3 Å². The van der Waals surface area contributed by atoms with Gasteiger partial charge in [-0.05, 0) is 24.3 Å². The first-order valence-electron chi connectivity index (χ1n) is 6.01. The van der Waals surface area contributed by atoms with E-state index in [1.54, 1.807) is 17.5 Å². The van der Waals surface area contributed by atoms with Gasteiger partial charge in [-0.2, -0.15) is 0 Å². The Balaban J connectivity index is 2.05. The van der Waals surface area contributed by atoms with Crippen molar-refractivity contribution in [1.82, 2.24) is 9.97 Å². The number of fused-ring (bicyclic) bond motifs is 1. The van der Waals surface area contributed by atoms with Crippen LogP contribution in [-0.4, -0.2) is 23.1 Å². The van der Waals surface area contributed by atoms with Crippen LogP contribution in [0.15, 0.2) is 42.7 Å². The molecular formula is C14H13N3OS. The highest BCUT2D eigenvalue weighted by molar-refractivity contribution is 7.21. The molecule has 0 amide bonds. The average Bonchev–Trinajstić information content (AvgIpc) is 2.90. The third kappa shape index (κ3) is 2.43. The summed E-state index contributed by atoms with van der Waals surface area (Å²) in [5.74, 6) is 0.786. The fourth-order valence-corrected chi connectivity index (χ4v) is 2.79. The zero-order chi connectivity index (χ0) is 13.1. The predicted octanol–water partition coefficient (Wildman–Crippen LogP) is 2.70. The minimum atomic E-state index is 0.496. The Labute approximate surface area is 114 Å². The standard InChI is InChI=1S/C14H13N3OS/c15-6-8-18-11-4-1-5-12-13(11)17-14(19-12)10-3-2-7-16-9-10/h1-5,7,9H,6,8,15H2. The van der Waals surface area contributed by atoms with Gasteiger partial charge in [-0.3, -0.25) is 4.98 Å². The minimum absolute atomic E-state index is 0.496. The first kappa shape index (κ1) is 12.1. The molecular weight excluding hydrogens is 258 g/mol. The predicted molar refractivity (Wildman–Crippen MR) is 77.4 cm³/mol. The van der Waals surface area contributed by atoms with Crippen LogP contribution in [0.1, 0.15) is 0 Å². The van der Waals surface area contributed by atoms with Crippen molar-refractivity contribution in [3.8, 4) is 16.3 Å². The normalized spacial score (nSPS) is 10.8. The second-order valence-corrected chi connectivity index (χ2v) is 5.03. The second-order valence-electron chi connectivity index (χ2n) is 4.00. The maximum Gasteiger partial charge on any atom is 0.146 e. The van der Waals surface area contributed by atoms with Gasteiger partial charge in [0.2, 0.25) is 0 Å². The molecule has 5 heteroatoms. The molecule has 2 heterocycles. The van der Waals surface area contributed by atoms with Gasteiger partial charge in [0.05, 0.1) is 4.70 Å². The van der Waals surface area contributed by atoms with Crippen molar-refractivity contribution in [3.05, 3.63) is 42.7 Å². The molecule has 0 atom stereocenters. The Morgan fingerprint density at radius 1 is 1.21 bits per heavy atom. The molecule has 3 aromatic rings. The summed E-state index contributed by atoms with van der Waals surface area (Å²) < 4.78 is 6.73. The minimum Gasteiger partial charge on any atom is -0.490 e. The zero-order valence-electron chi connectivity index (χ0n) is 10.2. The molecule has 0 bridgehead atoms. The maximum absolute atomic E-state index is 5.62. The summed E-state index contributed by atoms with van der Waals surface area (Å²) in [4.78, 5) is 8.77. The number of benzene rings is 1. The summed E-state index contributed by atoms with van der Waals surface area (Å²) in [6.07, 6.45) is 3.57. The Kier molecular flexibility index (Phi) is 3.39. The average molecular weight is 271 g/mol. The third-order valence-corrected chi connectivity index (χ3v) is 3.74. The van der Waals surface area contributed by atoms with Crippen molar-refractivity contribution in [3.63, 3.8) is 0 Å². The highest BCUT2D eigenvalue weighted by atomic mass is 32.1. The van der Waals surface area contributed by atoms with Crippen molar-refractivity contribution in [1.29, 1.82) is 0 Å². The molecule has 3 rings (SSSR count). The summed E-state index contributed by atoms with van der Waals surface area (Å²) in [6, 6.07) is 9.85. The number of ether oxygens (including phenoxy) is 1. The Hall–Kier alpha value is -1.98. The summed E-state index contributed by atoms with van der Waals surface area (Å²) in [7, 11) is 0. The van der Waals surface area contributed by atoms with Crippen LogP contribution >= 0.6 is 11.3 Å². The number of para-hydroxylation sites is 1. The van der Waals surface area contributed by atoms with Crippen molar-refractivity contribution in [2.45, 2.75) is 0 Å². The fraction of sp³-hybridized carbons (Fsp3) is 0.143. The molecule has 0 aliphatic carbocycles. The van der Waals surface area contributed by atoms with Crippen LogP contribution in [0, 0.1) is 0 Å². The van der Waals surface area contributed by atoms with Gasteiger partial charge in [0, 0.05) is 24.5 Å². The maximum atomic E-state index is 5.62. The van der Waals surface area contributed by atoms with E-state index in [0.29, 0.717) is 13.2 Å². The van der Waals surface area contributed by atoms with Crippen LogP contribution in [0.2, 0.25) is 0 Å². The second kappa shape index (κ2) is 5.34. The first-order valence-corrected chi connectivity index (χ1v) is 6.83. The molecule has 4 nitrogen and oxygen atoms in total. The molecule has 0 aliphatic rings. The number of pyridine rings is 1. The smallest absolute Gasteiger partial charge is 0.146 e. The number of nitrogens with zero attached hydrogens (tertiary/aromatic N) is 2. The monoisotopic (exact) mass is 271 g/mol. The molecule has 2 aromatic heterocycles. The fourth-order valence-electron chi connectivity index (χ4n) is 1.82. The van der Waals surface area contributed by atoms with Gasteiger partial charge in [-0.25, -0.2) is 4.98 Å². The van der Waals surface area contributed by atoms with Crippen molar-refractivity contribution >= 4 is 21.6 Å².